The summed E-state index contributed by atoms with van der Waals surface area (Å²) in [7, 11) is 0. The topological polar surface area (TPSA) is 48.1 Å². The van der Waals surface area contributed by atoms with Crippen molar-refractivity contribution in [2.75, 3.05) is 6.61 Å². The van der Waals surface area contributed by atoms with Gasteiger partial charge in [0, 0.05) is 23.4 Å². The Morgan fingerprint density at radius 3 is 2.94 bits per heavy atom. The van der Waals surface area contributed by atoms with Crippen LogP contribution in [0.1, 0.15) is 5.56 Å². The molecule has 4 heteroatoms. The van der Waals surface area contributed by atoms with Crippen LogP contribution in [0.2, 0.25) is 0 Å². The zero-order chi connectivity index (χ0) is 12.5. The fourth-order valence-corrected chi connectivity index (χ4v) is 2.23. The lowest BCUT2D eigenvalue weighted by molar-refractivity contribution is 0.264. The minimum atomic E-state index is -0.475. The van der Waals surface area contributed by atoms with Crippen LogP contribution in [0.4, 0.5) is 4.39 Å². The minimum Gasteiger partial charge on any atom is -0.492 e. The van der Waals surface area contributed by atoms with Crippen molar-refractivity contribution < 1.29 is 9.13 Å². The lowest BCUT2D eigenvalue weighted by atomic mass is 9.94. The largest absolute Gasteiger partial charge is 0.492 e. The average molecular weight is 244 g/mol. The van der Waals surface area contributed by atoms with Gasteiger partial charge >= 0.3 is 0 Å². The molecule has 0 fully saturated rings. The second-order valence-corrected chi connectivity index (χ2v) is 4.43. The van der Waals surface area contributed by atoms with Crippen LogP contribution in [0.3, 0.4) is 0 Å². The molecule has 0 unspecified atom stereocenters. The van der Waals surface area contributed by atoms with Crippen LogP contribution in [0.15, 0.2) is 36.5 Å². The number of halogens is 1. The van der Waals surface area contributed by atoms with Gasteiger partial charge in [0.05, 0.1) is 0 Å². The Bertz CT molecular complexity index is 569. The summed E-state index contributed by atoms with van der Waals surface area (Å²) in [6.45, 7) is 0.540. The Morgan fingerprint density at radius 1 is 1.28 bits per heavy atom. The summed E-state index contributed by atoms with van der Waals surface area (Å²) >= 11 is 0. The molecule has 2 N–H and O–H groups in total. The Kier molecular flexibility index (Phi) is 2.72. The van der Waals surface area contributed by atoms with Gasteiger partial charge in [-0.1, -0.05) is 12.1 Å². The highest BCUT2D eigenvalue weighted by Crippen LogP contribution is 2.33. The lowest BCUT2D eigenvalue weighted by Crippen LogP contribution is -2.34. The number of fused-ring (bicyclic) bond motifs is 1. The quantitative estimate of drug-likeness (QED) is 0.782. The molecule has 2 aromatic rings. The van der Waals surface area contributed by atoms with Gasteiger partial charge in [-0.25, -0.2) is 4.98 Å². The first-order chi connectivity index (χ1) is 8.74. The summed E-state index contributed by atoms with van der Waals surface area (Å²) in [6, 6.07) is 8.92. The van der Waals surface area contributed by atoms with Crippen molar-refractivity contribution in [3.63, 3.8) is 0 Å². The lowest BCUT2D eigenvalue weighted by Gasteiger charge is -2.24. The van der Waals surface area contributed by atoms with Crippen LogP contribution < -0.4 is 10.5 Å². The molecule has 0 amide bonds. The smallest absolute Gasteiger partial charge is 0.212 e. The number of benzene rings is 1. The van der Waals surface area contributed by atoms with Crippen LogP contribution in [-0.2, 0) is 6.42 Å². The van der Waals surface area contributed by atoms with Gasteiger partial charge in [-0.15, -0.1) is 0 Å². The van der Waals surface area contributed by atoms with E-state index in [2.05, 4.69) is 4.98 Å². The van der Waals surface area contributed by atoms with Gasteiger partial charge in [0.15, 0.2) is 0 Å². The Morgan fingerprint density at radius 2 is 2.17 bits per heavy atom. The molecule has 2 heterocycles. The van der Waals surface area contributed by atoms with E-state index in [4.69, 9.17) is 10.5 Å². The van der Waals surface area contributed by atoms with Gasteiger partial charge in [-0.05, 0) is 30.2 Å². The van der Waals surface area contributed by atoms with E-state index in [1.54, 1.807) is 6.07 Å². The molecule has 1 aromatic heterocycles. The molecule has 1 atom stereocenters. The standard InChI is InChI=1S/C14H13FN2O/c15-14-5-4-9(7-17-14)11-2-1-3-13-12(11)6-10(16)8-18-13/h1-5,7,10H,6,8,16H2/t10-/m0/s1. The SMILES string of the molecule is N[C@@H]1COc2cccc(-c3ccc(F)nc3)c2C1. The van der Waals surface area contributed by atoms with E-state index >= 15 is 0 Å². The minimum absolute atomic E-state index is 0.00653. The van der Waals surface area contributed by atoms with Crippen molar-refractivity contribution in [2.24, 2.45) is 5.73 Å². The first kappa shape index (κ1) is 11.2. The van der Waals surface area contributed by atoms with Crippen molar-refractivity contribution in [3.8, 4) is 16.9 Å². The number of hydrogen-bond donors (Lipinski definition) is 1. The molecule has 1 aromatic carbocycles. The van der Waals surface area contributed by atoms with E-state index in [1.165, 1.54) is 12.3 Å². The number of pyridine rings is 1. The Labute approximate surface area is 104 Å². The second kappa shape index (κ2) is 4.38. The van der Waals surface area contributed by atoms with Crippen LogP contribution in [-0.4, -0.2) is 17.6 Å². The highest BCUT2D eigenvalue weighted by Gasteiger charge is 2.20. The number of nitrogens with zero attached hydrogens (tertiary/aromatic N) is 1. The monoisotopic (exact) mass is 244 g/mol. The summed E-state index contributed by atoms with van der Waals surface area (Å²) in [5, 5.41) is 0. The number of aromatic nitrogens is 1. The van der Waals surface area contributed by atoms with Crippen molar-refractivity contribution in [3.05, 3.63) is 48.0 Å². The third-order valence-electron chi connectivity index (χ3n) is 3.09. The second-order valence-electron chi connectivity index (χ2n) is 4.43. The van der Waals surface area contributed by atoms with E-state index in [1.807, 2.05) is 18.2 Å². The molecule has 0 saturated carbocycles. The Hall–Kier alpha value is -1.94. The van der Waals surface area contributed by atoms with Crippen LogP contribution in [0.5, 0.6) is 5.75 Å². The van der Waals surface area contributed by atoms with Gasteiger partial charge in [0.1, 0.15) is 12.4 Å². The molecule has 18 heavy (non-hydrogen) atoms. The number of ether oxygens (including phenoxy) is 1. The molecule has 0 aliphatic carbocycles. The fraction of sp³-hybridized carbons (Fsp3) is 0.214. The molecular formula is C14H13FN2O. The fourth-order valence-electron chi connectivity index (χ4n) is 2.23. The summed E-state index contributed by atoms with van der Waals surface area (Å²) in [5.41, 5.74) is 8.88. The predicted octanol–water partition coefficient (Wildman–Crippen LogP) is 2.15. The maximum Gasteiger partial charge on any atom is 0.212 e. The first-order valence-electron chi connectivity index (χ1n) is 5.86. The molecule has 0 saturated heterocycles. The highest BCUT2D eigenvalue weighted by molar-refractivity contribution is 5.69. The zero-order valence-corrected chi connectivity index (χ0v) is 9.77. The molecule has 3 rings (SSSR count). The highest BCUT2D eigenvalue weighted by atomic mass is 19.1. The van der Waals surface area contributed by atoms with Crippen molar-refractivity contribution in [2.45, 2.75) is 12.5 Å². The van der Waals surface area contributed by atoms with E-state index in [9.17, 15) is 4.39 Å². The Balaban J connectivity index is 2.09. The summed E-state index contributed by atoms with van der Waals surface area (Å²) in [6.07, 6.45) is 2.30. The maximum absolute atomic E-state index is 12.8. The van der Waals surface area contributed by atoms with Gasteiger partial charge < -0.3 is 10.5 Å². The van der Waals surface area contributed by atoms with Crippen molar-refractivity contribution in [1.82, 2.24) is 4.98 Å². The number of hydrogen-bond acceptors (Lipinski definition) is 3. The molecule has 0 bridgehead atoms. The molecule has 0 radical (unpaired) electrons. The summed E-state index contributed by atoms with van der Waals surface area (Å²) in [5.74, 6) is 0.384. The van der Waals surface area contributed by atoms with E-state index in [0.29, 0.717) is 6.61 Å². The zero-order valence-electron chi connectivity index (χ0n) is 9.77. The van der Waals surface area contributed by atoms with E-state index in [0.717, 1.165) is 28.9 Å². The molecule has 1 aliphatic heterocycles. The predicted molar refractivity (Wildman–Crippen MR) is 66.8 cm³/mol. The molecule has 0 spiro atoms. The molecular weight excluding hydrogens is 231 g/mol. The van der Waals surface area contributed by atoms with E-state index in [-0.39, 0.29) is 6.04 Å². The van der Waals surface area contributed by atoms with Crippen LogP contribution in [0, 0.1) is 5.95 Å². The van der Waals surface area contributed by atoms with Gasteiger partial charge in [0.2, 0.25) is 5.95 Å². The average Bonchev–Trinajstić information content (AvgIpc) is 2.39. The maximum atomic E-state index is 12.8. The third kappa shape index (κ3) is 1.95. The van der Waals surface area contributed by atoms with E-state index < -0.39 is 5.95 Å². The van der Waals surface area contributed by atoms with Crippen molar-refractivity contribution >= 4 is 0 Å². The molecule has 92 valence electrons. The summed E-state index contributed by atoms with van der Waals surface area (Å²) < 4.78 is 18.4. The van der Waals surface area contributed by atoms with Gasteiger partial charge in [-0.2, -0.15) is 4.39 Å². The normalized spacial score (nSPS) is 18.0. The van der Waals surface area contributed by atoms with Gasteiger partial charge in [-0.3, -0.25) is 0 Å². The van der Waals surface area contributed by atoms with Gasteiger partial charge in [0.25, 0.3) is 0 Å². The first-order valence-corrected chi connectivity index (χ1v) is 5.86. The molecule has 3 nitrogen and oxygen atoms in total. The van der Waals surface area contributed by atoms with Crippen molar-refractivity contribution in [1.29, 1.82) is 0 Å². The van der Waals surface area contributed by atoms with Crippen LogP contribution >= 0.6 is 0 Å². The number of rotatable bonds is 1. The number of nitrogens with two attached hydrogens (primary N) is 1. The summed E-state index contributed by atoms with van der Waals surface area (Å²) in [4.78, 5) is 3.68. The van der Waals surface area contributed by atoms with Crippen LogP contribution in [0.25, 0.3) is 11.1 Å². The third-order valence-corrected chi connectivity index (χ3v) is 3.09. The molecule has 1 aliphatic rings.